The first-order valence-corrected chi connectivity index (χ1v) is 6.06. The zero-order valence-electron chi connectivity index (χ0n) is 8.89. The quantitative estimate of drug-likeness (QED) is 0.787. The van der Waals surface area contributed by atoms with Gasteiger partial charge in [0.1, 0.15) is 0 Å². The summed E-state index contributed by atoms with van der Waals surface area (Å²) in [6.45, 7) is -0.0508. The molecular formula is C9H10N6OS. The Labute approximate surface area is 101 Å². The molecule has 8 heteroatoms. The molecule has 1 aliphatic carbocycles. The second-order valence-electron chi connectivity index (χ2n) is 3.77. The van der Waals surface area contributed by atoms with Gasteiger partial charge in [0.25, 0.3) is 0 Å². The maximum absolute atomic E-state index is 8.89. The van der Waals surface area contributed by atoms with Crippen LogP contribution in [0.25, 0.3) is 0 Å². The van der Waals surface area contributed by atoms with Crippen LogP contribution in [0.3, 0.4) is 0 Å². The summed E-state index contributed by atoms with van der Waals surface area (Å²) in [5.74, 6) is 0. The minimum absolute atomic E-state index is 0.0508. The van der Waals surface area contributed by atoms with E-state index < -0.39 is 0 Å². The fourth-order valence-corrected chi connectivity index (χ4v) is 2.09. The number of aliphatic hydroxyl groups excluding tert-OH is 1. The molecule has 88 valence electrons. The maximum Gasteiger partial charge on any atom is 0.217 e. The molecule has 0 aromatic carbocycles. The first-order chi connectivity index (χ1) is 8.36. The first kappa shape index (κ1) is 10.6. The van der Waals surface area contributed by atoms with E-state index in [9.17, 15) is 0 Å². The van der Waals surface area contributed by atoms with Gasteiger partial charge in [-0.05, 0) is 35.0 Å². The van der Waals surface area contributed by atoms with Crippen LogP contribution in [0.4, 0.5) is 0 Å². The highest BCUT2D eigenvalue weighted by molar-refractivity contribution is 7.99. The number of aliphatic hydroxyl groups is 1. The fraction of sp³-hybridized carbons (Fsp3) is 0.444. The van der Waals surface area contributed by atoms with E-state index in [1.165, 1.54) is 11.8 Å². The molecule has 1 aliphatic rings. The summed E-state index contributed by atoms with van der Waals surface area (Å²) in [4.78, 5) is 8.26. The van der Waals surface area contributed by atoms with Crippen molar-refractivity contribution in [1.82, 2.24) is 30.2 Å². The van der Waals surface area contributed by atoms with Crippen molar-refractivity contribution in [2.24, 2.45) is 0 Å². The summed E-state index contributed by atoms with van der Waals surface area (Å²) in [5, 5.41) is 21.7. The van der Waals surface area contributed by atoms with E-state index in [0.717, 1.165) is 12.8 Å². The van der Waals surface area contributed by atoms with Gasteiger partial charge in [0.15, 0.2) is 5.16 Å². The van der Waals surface area contributed by atoms with Crippen LogP contribution in [0, 0.1) is 0 Å². The SMILES string of the molecule is OCc1cnc(Sc2nnnn2C2CC2)nc1. The molecule has 0 bridgehead atoms. The number of aromatic nitrogens is 6. The molecule has 0 unspecified atom stereocenters. The van der Waals surface area contributed by atoms with Gasteiger partial charge in [0, 0.05) is 18.0 Å². The molecule has 3 rings (SSSR count). The number of hydrogen-bond donors (Lipinski definition) is 1. The smallest absolute Gasteiger partial charge is 0.217 e. The monoisotopic (exact) mass is 250 g/mol. The average Bonchev–Trinajstić information content (AvgIpc) is 3.11. The van der Waals surface area contributed by atoms with E-state index in [1.807, 2.05) is 4.68 Å². The lowest BCUT2D eigenvalue weighted by atomic mass is 10.4. The standard InChI is InChI=1S/C9H10N6OS/c16-5-6-3-10-8(11-4-6)17-9-12-13-14-15(9)7-1-2-7/h3-4,7,16H,1-2,5H2. The third kappa shape index (κ3) is 2.27. The second kappa shape index (κ2) is 4.38. The molecule has 2 aromatic heterocycles. The zero-order valence-corrected chi connectivity index (χ0v) is 9.71. The van der Waals surface area contributed by atoms with Crippen molar-refractivity contribution < 1.29 is 5.11 Å². The Bertz CT molecular complexity index is 508. The van der Waals surface area contributed by atoms with Crippen LogP contribution in [-0.4, -0.2) is 35.3 Å². The Hall–Kier alpha value is -1.54. The Kier molecular flexibility index (Phi) is 2.73. The molecule has 2 aromatic rings. The van der Waals surface area contributed by atoms with Crippen LogP contribution in [0.5, 0.6) is 0 Å². The van der Waals surface area contributed by atoms with E-state index in [0.29, 0.717) is 21.9 Å². The average molecular weight is 250 g/mol. The summed E-state index contributed by atoms with van der Waals surface area (Å²) < 4.78 is 1.81. The van der Waals surface area contributed by atoms with E-state index in [4.69, 9.17) is 5.11 Å². The van der Waals surface area contributed by atoms with Gasteiger partial charge >= 0.3 is 0 Å². The van der Waals surface area contributed by atoms with Gasteiger partial charge in [0.2, 0.25) is 5.16 Å². The lowest BCUT2D eigenvalue weighted by Gasteiger charge is -2.01. The molecule has 1 fully saturated rings. The minimum atomic E-state index is -0.0508. The van der Waals surface area contributed by atoms with Gasteiger partial charge in [-0.15, -0.1) is 5.10 Å². The van der Waals surface area contributed by atoms with Gasteiger partial charge in [-0.1, -0.05) is 0 Å². The van der Waals surface area contributed by atoms with Crippen LogP contribution >= 0.6 is 11.8 Å². The molecule has 0 aliphatic heterocycles. The number of hydrogen-bond acceptors (Lipinski definition) is 7. The molecule has 0 atom stereocenters. The van der Waals surface area contributed by atoms with E-state index in [1.54, 1.807) is 12.4 Å². The highest BCUT2D eigenvalue weighted by Gasteiger charge is 2.28. The van der Waals surface area contributed by atoms with Crippen LogP contribution in [0.2, 0.25) is 0 Å². The molecule has 17 heavy (non-hydrogen) atoms. The van der Waals surface area contributed by atoms with Crippen molar-refractivity contribution in [2.75, 3.05) is 0 Å². The first-order valence-electron chi connectivity index (χ1n) is 5.24. The predicted octanol–water partition coefficient (Wildman–Crippen LogP) is 0.442. The largest absolute Gasteiger partial charge is 0.392 e. The van der Waals surface area contributed by atoms with Gasteiger partial charge in [0.05, 0.1) is 12.6 Å². The van der Waals surface area contributed by atoms with Crippen LogP contribution in [-0.2, 0) is 6.61 Å². The molecule has 0 spiro atoms. The number of rotatable bonds is 4. The Morgan fingerprint density at radius 1 is 1.35 bits per heavy atom. The van der Waals surface area contributed by atoms with Crippen LogP contribution < -0.4 is 0 Å². The van der Waals surface area contributed by atoms with E-state index in [-0.39, 0.29) is 6.61 Å². The summed E-state index contributed by atoms with van der Waals surface area (Å²) in [6.07, 6.45) is 5.45. The van der Waals surface area contributed by atoms with Gasteiger partial charge < -0.3 is 5.11 Å². The Morgan fingerprint density at radius 3 is 2.76 bits per heavy atom. The highest BCUT2D eigenvalue weighted by atomic mass is 32.2. The fourth-order valence-electron chi connectivity index (χ4n) is 1.36. The van der Waals surface area contributed by atoms with Gasteiger partial charge in [-0.2, -0.15) is 0 Å². The van der Waals surface area contributed by atoms with Crippen molar-refractivity contribution in [2.45, 2.75) is 35.8 Å². The maximum atomic E-state index is 8.89. The van der Waals surface area contributed by atoms with Crippen LogP contribution in [0.1, 0.15) is 24.4 Å². The zero-order chi connectivity index (χ0) is 11.7. The molecule has 7 nitrogen and oxygen atoms in total. The normalized spacial score (nSPS) is 15.1. The van der Waals surface area contributed by atoms with Gasteiger partial charge in [-0.3, -0.25) is 0 Å². The number of tetrazole rings is 1. The summed E-state index contributed by atoms with van der Waals surface area (Å²) in [7, 11) is 0. The van der Waals surface area contributed by atoms with Crippen molar-refractivity contribution in [1.29, 1.82) is 0 Å². The molecule has 2 heterocycles. The minimum Gasteiger partial charge on any atom is -0.392 e. The summed E-state index contributed by atoms with van der Waals surface area (Å²) in [6, 6.07) is 0.434. The topological polar surface area (TPSA) is 89.6 Å². The molecular weight excluding hydrogens is 240 g/mol. The predicted molar refractivity (Wildman–Crippen MR) is 58.2 cm³/mol. The van der Waals surface area contributed by atoms with E-state index >= 15 is 0 Å². The lowest BCUT2D eigenvalue weighted by Crippen LogP contribution is -1.99. The summed E-state index contributed by atoms with van der Waals surface area (Å²) >= 11 is 1.33. The lowest BCUT2D eigenvalue weighted by molar-refractivity contribution is 0.280. The number of nitrogens with zero attached hydrogens (tertiary/aromatic N) is 6. The van der Waals surface area contributed by atoms with Crippen molar-refractivity contribution in [3.8, 4) is 0 Å². The molecule has 1 saturated carbocycles. The van der Waals surface area contributed by atoms with Gasteiger partial charge in [-0.25, -0.2) is 14.6 Å². The molecule has 0 radical (unpaired) electrons. The molecule has 1 N–H and O–H groups in total. The van der Waals surface area contributed by atoms with E-state index in [2.05, 4.69) is 25.5 Å². The Balaban J connectivity index is 1.78. The second-order valence-corrected chi connectivity index (χ2v) is 4.71. The third-order valence-electron chi connectivity index (χ3n) is 2.40. The molecule has 0 saturated heterocycles. The van der Waals surface area contributed by atoms with Crippen molar-refractivity contribution >= 4 is 11.8 Å². The molecule has 0 amide bonds. The summed E-state index contributed by atoms with van der Waals surface area (Å²) in [5.41, 5.74) is 0.691. The highest BCUT2D eigenvalue weighted by Crippen LogP contribution is 2.37. The Morgan fingerprint density at radius 2 is 2.12 bits per heavy atom. The van der Waals surface area contributed by atoms with Crippen molar-refractivity contribution in [3.63, 3.8) is 0 Å². The van der Waals surface area contributed by atoms with Crippen molar-refractivity contribution in [3.05, 3.63) is 18.0 Å². The third-order valence-corrected chi connectivity index (χ3v) is 3.25. The van der Waals surface area contributed by atoms with Crippen LogP contribution in [0.15, 0.2) is 22.7 Å².